The van der Waals surface area contributed by atoms with Gasteiger partial charge in [0.2, 0.25) is 5.91 Å². The molecule has 1 amide bonds. The van der Waals surface area contributed by atoms with Crippen LogP contribution in [0.3, 0.4) is 0 Å². The van der Waals surface area contributed by atoms with Crippen molar-refractivity contribution in [2.24, 2.45) is 0 Å². The average Bonchev–Trinajstić information content (AvgIpc) is 2.49. The van der Waals surface area contributed by atoms with E-state index in [1.54, 1.807) is 19.2 Å². The predicted molar refractivity (Wildman–Crippen MR) is 73.4 cm³/mol. The van der Waals surface area contributed by atoms with Gasteiger partial charge in [0.25, 0.3) is 0 Å². The van der Waals surface area contributed by atoms with Crippen LogP contribution in [0.1, 0.15) is 18.4 Å². The highest BCUT2D eigenvalue weighted by Crippen LogP contribution is 2.17. The van der Waals surface area contributed by atoms with Gasteiger partial charge in [0.1, 0.15) is 5.75 Å². The van der Waals surface area contributed by atoms with Gasteiger partial charge < -0.3 is 14.4 Å². The van der Waals surface area contributed by atoms with Crippen LogP contribution in [0.15, 0.2) is 24.3 Å². The molecule has 1 aliphatic rings. The third-order valence-electron chi connectivity index (χ3n) is 3.63. The van der Waals surface area contributed by atoms with Crippen molar-refractivity contribution in [3.05, 3.63) is 29.8 Å². The normalized spacial score (nSPS) is 16.3. The molecule has 1 heterocycles. The molecule has 1 saturated heterocycles. The number of carbonyl (C=O) groups excluding carboxylic acids is 1. The summed E-state index contributed by atoms with van der Waals surface area (Å²) in [7, 11) is 1.69. The molecule has 0 atom stereocenters. The molecule has 2 rings (SSSR count). The Kier molecular flexibility index (Phi) is 5.50. The van der Waals surface area contributed by atoms with E-state index in [-0.39, 0.29) is 24.2 Å². The first-order valence-corrected chi connectivity index (χ1v) is 6.93. The lowest BCUT2D eigenvalue weighted by Crippen LogP contribution is -2.41. The van der Waals surface area contributed by atoms with Crippen molar-refractivity contribution in [3.8, 4) is 5.75 Å². The van der Waals surface area contributed by atoms with E-state index < -0.39 is 6.61 Å². The molecule has 21 heavy (non-hydrogen) atoms. The highest BCUT2D eigenvalue weighted by Gasteiger charge is 2.22. The minimum atomic E-state index is -2.83. The van der Waals surface area contributed by atoms with Gasteiger partial charge >= 0.3 is 6.61 Å². The Hall–Kier alpha value is -1.69. The standard InChI is InChI=1S/C15H19F2NO3/c1-20-12-6-8-18(9-7-12)14(19)10-11-2-4-13(5-3-11)21-15(16)17/h2-5,12,15H,6-10H2,1H3. The van der Waals surface area contributed by atoms with Crippen molar-refractivity contribution in [2.75, 3.05) is 20.2 Å². The highest BCUT2D eigenvalue weighted by molar-refractivity contribution is 5.78. The van der Waals surface area contributed by atoms with Crippen molar-refractivity contribution in [1.29, 1.82) is 0 Å². The monoisotopic (exact) mass is 299 g/mol. The van der Waals surface area contributed by atoms with Crippen LogP contribution in [0.5, 0.6) is 5.75 Å². The van der Waals surface area contributed by atoms with Crippen molar-refractivity contribution in [2.45, 2.75) is 32.0 Å². The van der Waals surface area contributed by atoms with Gasteiger partial charge in [0, 0.05) is 20.2 Å². The van der Waals surface area contributed by atoms with Crippen LogP contribution in [0.4, 0.5) is 8.78 Å². The Morgan fingerprint density at radius 3 is 2.43 bits per heavy atom. The fraction of sp³-hybridized carbons (Fsp3) is 0.533. The molecule has 4 nitrogen and oxygen atoms in total. The zero-order valence-electron chi connectivity index (χ0n) is 11.9. The Balaban J connectivity index is 1.85. The summed E-state index contributed by atoms with van der Waals surface area (Å²) in [5.41, 5.74) is 0.787. The second kappa shape index (κ2) is 7.36. The lowest BCUT2D eigenvalue weighted by atomic mass is 10.1. The van der Waals surface area contributed by atoms with Gasteiger partial charge in [-0.3, -0.25) is 4.79 Å². The number of halogens is 2. The molecule has 1 aromatic rings. The zero-order chi connectivity index (χ0) is 15.2. The maximum absolute atomic E-state index is 12.2. The van der Waals surface area contributed by atoms with Gasteiger partial charge in [0.15, 0.2) is 0 Å². The Morgan fingerprint density at radius 1 is 1.29 bits per heavy atom. The summed E-state index contributed by atoms with van der Waals surface area (Å²) in [5, 5.41) is 0. The van der Waals surface area contributed by atoms with Crippen molar-refractivity contribution < 1.29 is 23.0 Å². The number of likely N-dealkylation sites (tertiary alicyclic amines) is 1. The van der Waals surface area contributed by atoms with Gasteiger partial charge in [-0.25, -0.2) is 0 Å². The lowest BCUT2D eigenvalue weighted by molar-refractivity contribution is -0.132. The van der Waals surface area contributed by atoms with E-state index in [4.69, 9.17) is 4.74 Å². The average molecular weight is 299 g/mol. The second-order valence-electron chi connectivity index (χ2n) is 5.02. The molecule has 0 aromatic heterocycles. The quantitative estimate of drug-likeness (QED) is 0.838. The van der Waals surface area contributed by atoms with Crippen LogP contribution >= 0.6 is 0 Å². The summed E-state index contributed by atoms with van der Waals surface area (Å²) in [6.07, 6.45) is 2.21. The van der Waals surface area contributed by atoms with Gasteiger partial charge in [-0.1, -0.05) is 12.1 Å². The van der Waals surface area contributed by atoms with Gasteiger partial charge in [0.05, 0.1) is 12.5 Å². The number of benzene rings is 1. The molecule has 1 fully saturated rings. The summed E-state index contributed by atoms with van der Waals surface area (Å²) in [6, 6.07) is 6.17. The van der Waals surface area contributed by atoms with E-state index in [1.807, 2.05) is 4.90 Å². The largest absolute Gasteiger partial charge is 0.435 e. The Morgan fingerprint density at radius 2 is 1.90 bits per heavy atom. The summed E-state index contributed by atoms with van der Waals surface area (Å²) in [5.74, 6) is 0.147. The zero-order valence-corrected chi connectivity index (χ0v) is 11.9. The number of alkyl halides is 2. The molecule has 116 valence electrons. The van der Waals surface area contributed by atoms with E-state index in [9.17, 15) is 13.6 Å². The maximum atomic E-state index is 12.2. The number of piperidine rings is 1. The SMILES string of the molecule is COC1CCN(C(=O)Cc2ccc(OC(F)F)cc2)CC1. The van der Waals surface area contributed by atoms with E-state index in [0.717, 1.165) is 18.4 Å². The number of ether oxygens (including phenoxy) is 2. The summed E-state index contributed by atoms with van der Waals surface area (Å²) >= 11 is 0. The van der Waals surface area contributed by atoms with Crippen molar-refractivity contribution in [3.63, 3.8) is 0 Å². The van der Waals surface area contributed by atoms with Crippen LogP contribution < -0.4 is 4.74 Å². The summed E-state index contributed by atoms with van der Waals surface area (Å²) in [6.45, 7) is -1.44. The molecule has 0 unspecified atom stereocenters. The molecule has 6 heteroatoms. The number of methoxy groups -OCH3 is 1. The molecular formula is C15H19F2NO3. The van der Waals surface area contributed by atoms with Gasteiger partial charge in [-0.15, -0.1) is 0 Å². The molecule has 1 aromatic carbocycles. The van der Waals surface area contributed by atoms with E-state index >= 15 is 0 Å². The molecule has 0 N–H and O–H groups in total. The number of amides is 1. The van der Waals surface area contributed by atoms with Crippen LogP contribution in [-0.2, 0) is 16.0 Å². The molecule has 0 saturated carbocycles. The first-order chi connectivity index (χ1) is 10.1. The van der Waals surface area contributed by atoms with Gasteiger partial charge in [-0.2, -0.15) is 8.78 Å². The first kappa shape index (κ1) is 15.7. The smallest absolute Gasteiger partial charge is 0.387 e. The fourth-order valence-electron chi connectivity index (χ4n) is 2.42. The number of rotatable bonds is 5. The number of carbonyl (C=O) groups is 1. The minimum absolute atomic E-state index is 0.0482. The Bertz CT molecular complexity index is 456. The molecule has 1 aliphatic heterocycles. The van der Waals surface area contributed by atoms with E-state index in [2.05, 4.69) is 4.74 Å². The molecule has 0 bridgehead atoms. The lowest BCUT2D eigenvalue weighted by Gasteiger charge is -2.31. The van der Waals surface area contributed by atoms with Crippen LogP contribution in [-0.4, -0.2) is 43.7 Å². The maximum Gasteiger partial charge on any atom is 0.387 e. The Labute approximate surface area is 122 Å². The van der Waals surface area contributed by atoms with E-state index in [0.29, 0.717) is 13.1 Å². The number of hydrogen-bond donors (Lipinski definition) is 0. The summed E-state index contributed by atoms with van der Waals surface area (Å²) in [4.78, 5) is 14.0. The predicted octanol–water partition coefficient (Wildman–Crippen LogP) is 2.47. The minimum Gasteiger partial charge on any atom is -0.435 e. The first-order valence-electron chi connectivity index (χ1n) is 6.93. The third kappa shape index (κ3) is 4.67. The van der Waals surface area contributed by atoms with Crippen LogP contribution in [0, 0.1) is 0 Å². The van der Waals surface area contributed by atoms with Gasteiger partial charge in [-0.05, 0) is 30.5 Å². The molecule has 0 aliphatic carbocycles. The molecule has 0 radical (unpaired) electrons. The fourth-order valence-corrected chi connectivity index (χ4v) is 2.42. The number of hydrogen-bond acceptors (Lipinski definition) is 3. The highest BCUT2D eigenvalue weighted by atomic mass is 19.3. The van der Waals surface area contributed by atoms with E-state index in [1.165, 1.54) is 12.1 Å². The topological polar surface area (TPSA) is 38.8 Å². The third-order valence-corrected chi connectivity index (χ3v) is 3.63. The van der Waals surface area contributed by atoms with Crippen molar-refractivity contribution in [1.82, 2.24) is 4.90 Å². The second-order valence-corrected chi connectivity index (χ2v) is 5.02. The number of nitrogens with zero attached hydrogens (tertiary/aromatic N) is 1. The van der Waals surface area contributed by atoms with Crippen LogP contribution in [0.25, 0.3) is 0 Å². The molecule has 0 spiro atoms. The van der Waals surface area contributed by atoms with Crippen LogP contribution in [0.2, 0.25) is 0 Å². The van der Waals surface area contributed by atoms with Crippen molar-refractivity contribution >= 4 is 5.91 Å². The molecular weight excluding hydrogens is 280 g/mol. The summed E-state index contributed by atoms with van der Waals surface area (Å²) < 4.78 is 33.6.